The van der Waals surface area contributed by atoms with Crippen molar-refractivity contribution < 1.29 is 14.6 Å². The first kappa shape index (κ1) is 13.6. The van der Waals surface area contributed by atoms with E-state index in [0.717, 1.165) is 5.56 Å². The molecule has 0 aromatic carbocycles. The number of hydrogen-bond acceptors (Lipinski definition) is 6. The second-order valence-corrected chi connectivity index (χ2v) is 5.09. The molecular formula is C13H15N5O3. The van der Waals surface area contributed by atoms with Crippen LogP contribution in [0.5, 0.6) is 0 Å². The van der Waals surface area contributed by atoms with E-state index in [0.29, 0.717) is 31.9 Å². The Morgan fingerprint density at radius 2 is 2.05 bits per heavy atom. The van der Waals surface area contributed by atoms with Gasteiger partial charge in [0.15, 0.2) is 5.82 Å². The topological polar surface area (TPSA) is 103 Å². The summed E-state index contributed by atoms with van der Waals surface area (Å²) < 4.78 is 6.83. The zero-order valence-electron chi connectivity index (χ0n) is 11.3. The number of aromatic nitrogens is 5. The smallest absolute Gasteiger partial charge is 0.311 e. The molecule has 110 valence electrons. The van der Waals surface area contributed by atoms with E-state index in [1.807, 2.05) is 0 Å². The Balaban J connectivity index is 1.91. The van der Waals surface area contributed by atoms with E-state index < -0.39 is 11.4 Å². The van der Waals surface area contributed by atoms with Crippen molar-refractivity contribution in [1.29, 1.82) is 0 Å². The van der Waals surface area contributed by atoms with Gasteiger partial charge in [-0.2, -0.15) is 0 Å². The molecule has 0 radical (unpaired) electrons. The molecule has 0 aliphatic carbocycles. The van der Waals surface area contributed by atoms with Crippen molar-refractivity contribution in [2.75, 3.05) is 13.2 Å². The van der Waals surface area contributed by atoms with Crippen LogP contribution in [0.2, 0.25) is 0 Å². The van der Waals surface area contributed by atoms with Gasteiger partial charge in [-0.15, -0.1) is 5.10 Å². The van der Waals surface area contributed by atoms with Crippen LogP contribution in [0, 0.1) is 5.41 Å². The average Bonchev–Trinajstić information content (AvgIpc) is 2.97. The number of nitrogens with zero attached hydrogens (tertiary/aromatic N) is 5. The van der Waals surface area contributed by atoms with E-state index in [9.17, 15) is 9.90 Å². The van der Waals surface area contributed by atoms with Gasteiger partial charge in [0, 0.05) is 31.2 Å². The SMILES string of the molecule is O=C(O)C1(Cn2nnnc2-c2ccncc2)CCOCC1. The van der Waals surface area contributed by atoms with Crippen LogP contribution in [0.15, 0.2) is 24.5 Å². The monoisotopic (exact) mass is 289 g/mol. The highest BCUT2D eigenvalue weighted by Gasteiger charge is 2.41. The largest absolute Gasteiger partial charge is 0.481 e. The minimum Gasteiger partial charge on any atom is -0.481 e. The fourth-order valence-electron chi connectivity index (χ4n) is 2.51. The molecule has 2 aromatic rings. The summed E-state index contributed by atoms with van der Waals surface area (Å²) >= 11 is 0. The van der Waals surface area contributed by atoms with Gasteiger partial charge in [0.2, 0.25) is 0 Å². The molecule has 0 unspecified atom stereocenters. The molecule has 1 aliphatic heterocycles. The number of tetrazole rings is 1. The molecule has 3 rings (SSSR count). The Hall–Kier alpha value is -2.35. The van der Waals surface area contributed by atoms with Crippen molar-refractivity contribution >= 4 is 5.97 Å². The number of carboxylic acids is 1. The summed E-state index contributed by atoms with van der Waals surface area (Å²) in [6.07, 6.45) is 4.21. The zero-order chi connectivity index (χ0) is 14.7. The fourth-order valence-corrected chi connectivity index (χ4v) is 2.51. The van der Waals surface area contributed by atoms with Crippen molar-refractivity contribution in [3.63, 3.8) is 0 Å². The Kier molecular flexibility index (Phi) is 3.61. The summed E-state index contributed by atoms with van der Waals surface area (Å²) in [4.78, 5) is 15.7. The third-order valence-electron chi connectivity index (χ3n) is 3.83. The van der Waals surface area contributed by atoms with Crippen molar-refractivity contribution in [3.8, 4) is 11.4 Å². The Labute approximate surface area is 120 Å². The molecule has 8 heteroatoms. The highest BCUT2D eigenvalue weighted by atomic mass is 16.5. The molecule has 0 amide bonds. The Morgan fingerprint density at radius 1 is 1.33 bits per heavy atom. The van der Waals surface area contributed by atoms with Crippen LogP contribution in [0.4, 0.5) is 0 Å². The summed E-state index contributed by atoms with van der Waals surface area (Å²) in [5.41, 5.74) is -0.0716. The summed E-state index contributed by atoms with van der Waals surface area (Å²) in [5.74, 6) is -0.286. The van der Waals surface area contributed by atoms with Crippen molar-refractivity contribution in [2.24, 2.45) is 5.41 Å². The minimum atomic E-state index is -0.880. The number of aliphatic carboxylic acids is 1. The van der Waals surface area contributed by atoms with Crippen LogP contribution in [0.1, 0.15) is 12.8 Å². The van der Waals surface area contributed by atoms with Gasteiger partial charge in [-0.25, -0.2) is 4.68 Å². The average molecular weight is 289 g/mol. The molecular weight excluding hydrogens is 274 g/mol. The van der Waals surface area contributed by atoms with Crippen LogP contribution < -0.4 is 0 Å². The predicted octanol–water partition coefficient (Wildman–Crippen LogP) is 0.616. The van der Waals surface area contributed by atoms with E-state index >= 15 is 0 Å². The van der Waals surface area contributed by atoms with Crippen LogP contribution in [0.25, 0.3) is 11.4 Å². The second kappa shape index (κ2) is 5.57. The van der Waals surface area contributed by atoms with Gasteiger partial charge >= 0.3 is 5.97 Å². The summed E-state index contributed by atoms with van der Waals surface area (Å²) in [7, 11) is 0. The van der Waals surface area contributed by atoms with Crippen molar-refractivity contribution in [3.05, 3.63) is 24.5 Å². The van der Waals surface area contributed by atoms with Crippen LogP contribution in [-0.4, -0.2) is 49.5 Å². The standard InChI is InChI=1S/C13H15N5O3/c19-12(20)13(3-7-21-8-4-13)9-18-11(15-16-17-18)10-1-5-14-6-2-10/h1-2,5-6H,3-4,7-9H2,(H,19,20). The lowest BCUT2D eigenvalue weighted by Gasteiger charge is -2.32. The molecule has 0 bridgehead atoms. The van der Waals surface area contributed by atoms with Gasteiger partial charge in [-0.3, -0.25) is 9.78 Å². The maximum absolute atomic E-state index is 11.7. The summed E-state index contributed by atoms with van der Waals surface area (Å²) in [6.45, 7) is 1.12. The number of rotatable bonds is 4. The molecule has 1 aliphatic rings. The Bertz CT molecular complexity index is 622. The molecule has 8 nitrogen and oxygen atoms in total. The van der Waals surface area contributed by atoms with E-state index in [1.165, 1.54) is 0 Å². The first-order chi connectivity index (χ1) is 10.2. The highest BCUT2D eigenvalue weighted by molar-refractivity contribution is 5.74. The Morgan fingerprint density at radius 3 is 2.71 bits per heavy atom. The first-order valence-electron chi connectivity index (χ1n) is 6.69. The number of carboxylic acid groups (broad SMARTS) is 1. The first-order valence-corrected chi connectivity index (χ1v) is 6.69. The zero-order valence-corrected chi connectivity index (χ0v) is 11.3. The lowest BCUT2D eigenvalue weighted by Crippen LogP contribution is -2.41. The molecule has 3 heterocycles. The molecule has 1 N–H and O–H groups in total. The van der Waals surface area contributed by atoms with E-state index in [4.69, 9.17) is 4.74 Å². The maximum atomic E-state index is 11.7. The summed E-state index contributed by atoms with van der Waals surface area (Å²) in [5, 5.41) is 21.2. The number of pyridine rings is 1. The van der Waals surface area contributed by atoms with Crippen LogP contribution in [-0.2, 0) is 16.1 Å². The van der Waals surface area contributed by atoms with Crippen LogP contribution in [0.3, 0.4) is 0 Å². The maximum Gasteiger partial charge on any atom is 0.311 e. The van der Waals surface area contributed by atoms with E-state index in [1.54, 1.807) is 29.2 Å². The highest BCUT2D eigenvalue weighted by Crippen LogP contribution is 2.33. The molecule has 21 heavy (non-hydrogen) atoms. The van der Waals surface area contributed by atoms with Gasteiger partial charge in [0.25, 0.3) is 0 Å². The number of ether oxygens (including phenoxy) is 1. The number of carbonyl (C=O) groups is 1. The summed E-state index contributed by atoms with van der Waals surface area (Å²) in [6, 6.07) is 3.58. The molecule has 1 fully saturated rings. The molecule has 0 spiro atoms. The lowest BCUT2D eigenvalue weighted by molar-refractivity contribution is -0.156. The van der Waals surface area contributed by atoms with Gasteiger partial charge in [-0.05, 0) is 35.4 Å². The normalized spacial score (nSPS) is 17.5. The third-order valence-corrected chi connectivity index (χ3v) is 3.83. The van der Waals surface area contributed by atoms with Crippen LogP contribution >= 0.6 is 0 Å². The molecule has 2 aromatic heterocycles. The van der Waals surface area contributed by atoms with Gasteiger partial charge < -0.3 is 9.84 Å². The molecule has 0 atom stereocenters. The third kappa shape index (κ3) is 2.62. The second-order valence-electron chi connectivity index (χ2n) is 5.09. The van der Waals surface area contributed by atoms with Crippen molar-refractivity contribution in [1.82, 2.24) is 25.2 Å². The van der Waals surface area contributed by atoms with E-state index in [-0.39, 0.29) is 6.54 Å². The minimum absolute atomic E-state index is 0.232. The van der Waals surface area contributed by atoms with E-state index in [2.05, 4.69) is 20.5 Å². The lowest BCUT2D eigenvalue weighted by atomic mass is 9.80. The molecule has 0 saturated carbocycles. The number of hydrogen-bond donors (Lipinski definition) is 1. The molecule has 1 saturated heterocycles. The predicted molar refractivity (Wildman–Crippen MR) is 71.2 cm³/mol. The van der Waals surface area contributed by atoms with Gasteiger partial charge in [0.05, 0.1) is 12.0 Å². The van der Waals surface area contributed by atoms with Crippen molar-refractivity contribution in [2.45, 2.75) is 19.4 Å². The van der Waals surface area contributed by atoms with Gasteiger partial charge in [-0.1, -0.05) is 0 Å². The fraction of sp³-hybridized carbons (Fsp3) is 0.462. The van der Waals surface area contributed by atoms with Gasteiger partial charge in [0.1, 0.15) is 0 Å². The quantitative estimate of drug-likeness (QED) is 0.879.